The summed E-state index contributed by atoms with van der Waals surface area (Å²) in [6.07, 6.45) is 1.30. The van der Waals surface area contributed by atoms with Crippen LogP contribution in [-0.4, -0.2) is 32.3 Å². The summed E-state index contributed by atoms with van der Waals surface area (Å²) in [6.45, 7) is 0. The second-order valence-electron chi connectivity index (χ2n) is 6.50. The maximum Gasteiger partial charge on any atom is 0.342 e. The molecule has 0 saturated heterocycles. The molecule has 2 N–H and O–H groups in total. The van der Waals surface area contributed by atoms with Crippen LogP contribution in [0.3, 0.4) is 0 Å². The van der Waals surface area contributed by atoms with Crippen molar-refractivity contribution in [2.24, 2.45) is 0 Å². The normalized spacial score (nSPS) is 11.5. The van der Waals surface area contributed by atoms with E-state index in [1.54, 1.807) is 42.5 Å². The van der Waals surface area contributed by atoms with Crippen molar-refractivity contribution in [3.63, 3.8) is 0 Å². The average Bonchev–Trinajstić information content (AvgIpc) is 3.44. The first-order chi connectivity index (χ1) is 15.8. The summed E-state index contributed by atoms with van der Waals surface area (Å²) in [5.74, 6) is -1.59. The zero-order valence-electron chi connectivity index (χ0n) is 16.4. The van der Waals surface area contributed by atoms with Gasteiger partial charge in [-0.25, -0.2) is 9.59 Å². The molecule has 0 saturated carbocycles. The van der Waals surface area contributed by atoms with Crippen LogP contribution in [0, 0.1) is 0 Å². The largest absolute Gasteiger partial charge is 0.478 e. The lowest BCUT2D eigenvalue weighted by molar-refractivity contribution is -0.131. The molecular weight excluding hydrogens is 491 g/mol. The summed E-state index contributed by atoms with van der Waals surface area (Å²) < 4.78 is 11.2. The molecule has 0 aliphatic heterocycles. The molecule has 11 heteroatoms. The van der Waals surface area contributed by atoms with E-state index in [1.807, 2.05) is 0 Å². The van der Waals surface area contributed by atoms with E-state index in [-0.39, 0.29) is 32.4 Å². The highest BCUT2D eigenvalue weighted by atomic mass is 35.5. The Hall–Kier alpha value is -3.53. The Bertz CT molecular complexity index is 1380. The number of thioether (sulfide) groups is 1. The predicted molar refractivity (Wildman–Crippen MR) is 122 cm³/mol. The van der Waals surface area contributed by atoms with Crippen molar-refractivity contribution < 1.29 is 28.6 Å². The number of hydrogen-bond donors (Lipinski definition) is 2. The van der Waals surface area contributed by atoms with E-state index in [4.69, 9.17) is 32.0 Å². The van der Waals surface area contributed by atoms with Gasteiger partial charge in [-0.15, -0.1) is 10.2 Å². The molecule has 8 nitrogen and oxygen atoms in total. The van der Waals surface area contributed by atoms with Gasteiger partial charge < -0.3 is 19.0 Å². The van der Waals surface area contributed by atoms with Gasteiger partial charge in [0.05, 0.1) is 10.6 Å². The molecule has 0 spiro atoms. The fraction of sp³-hybridized carbons (Fsp3) is 0. The van der Waals surface area contributed by atoms with Crippen molar-refractivity contribution in [3.8, 4) is 22.8 Å². The second-order valence-corrected chi connectivity index (χ2v) is 8.33. The third-order valence-electron chi connectivity index (χ3n) is 4.29. The van der Waals surface area contributed by atoms with Crippen LogP contribution in [0.1, 0.15) is 16.1 Å². The summed E-state index contributed by atoms with van der Waals surface area (Å²) in [5.41, 5.74) is 1.04. The summed E-state index contributed by atoms with van der Waals surface area (Å²) in [5, 5.41) is 27.3. The molecule has 166 valence electrons. The van der Waals surface area contributed by atoms with Crippen molar-refractivity contribution >= 4 is 53.0 Å². The lowest BCUT2D eigenvalue weighted by atomic mass is 10.1. The maximum absolute atomic E-state index is 11.7. The van der Waals surface area contributed by atoms with E-state index in [9.17, 15) is 19.8 Å². The summed E-state index contributed by atoms with van der Waals surface area (Å²) in [6, 6.07) is 14.3. The first-order valence-corrected chi connectivity index (χ1v) is 10.7. The Morgan fingerprint density at radius 2 is 1.64 bits per heavy atom. The highest BCUT2D eigenvalue weighted by molar-refractivity contribution is 8.03. The minimum atomic E-state index is -1.22. The first kappa shape index (κ1) is 22.7. The van der Waals surface area contributed by atoms with Gasteiger partial charge in [-0.2, -0.15) is 0 Å². The number of nitrogens with zero attached hydrogens (tertiary/aromatic N) is 2. The van der Waals surface area contributed by atoms with Crippen LogP contribution in [0.2, 0.25) is 10.0 Å². The van der Waals surface area contributed by atoms with Gasteiger partial charge in [-0.3, -0.25) is 0 Å². The molecule has 2 heterocycles. The molecule has 0 unspecified atom stereocenters. The molecule has 4 rings (SSSR count). The number of aromatic nitrogens is 2. The van der Waals surface area contributed by atoms with Crippen LogP contribution in [0.5, 0.6) is 0 Å². The third-order valence-corrected chi connectivity index (χ3v) is 5.72. The number of furan rings is 1. The van der Waals surface area contributed by atoms with Crippen LogP contribution < -0.4 is 0 Å². The standard InChI is InChI=1S/C22H12Cl2N2O6S/c23-13-4-1-11(2-5-13)19-25-26-22(32-19)33-18(21(29)30)10-14-6-8-17(31-14)12-3-7-16(24)15(9-12)20(27)28/h1-10H,(H,27,28)(H,29,30)/b18-10-. The maximum atomic E-state index is 11.7. The Morgan fingerprint density at radius 3 is 2.33 bits per heavy atom. The molecule has 0 atom stereocenters. The van der Waals surface area contributed by atoms with Gasteiger partial charge in [-0.1, -0.05) is 23.2 Å². The predicted octanol–water partition coefficient (Wildman–Crippen LogP) is 6.22. The Morgan fingerprint density at radius 1 is 0.909 bits per heavy atom. The molecule has 2 aromatic carbocycles. The van der Waals surface area contributed by atoms with E-state index in [0.29, 0.717) is 21.9 Å². The Labute approximate surface area is 200 Å². The van der Waals surface area contributed by atoms with Gasteiger partial charge in [0, 0.05) is 22.2 Å². The van der Waals surface area contributed by atoms with Crippen molar-refractivity contribution in [3.05, 3.63) is 80.9 Å². The molecule has 2 aromatic heterocycles. The lowest BCUT2D eigenvalue weighted by Gasteiger charge is -2.02. The number of aromatic carboxylic acids is 1. The van der Waals surface area contributed by atoms with Crippen LogP contribution >= 0.6 is 35.0 Å². The molecule has 33 heavy (non-hydrogen) atoms. The van der Waals surface area contributed by atoms with Crippen LogP contribution in [0.4, 0.5) is 0 Å². The number of carboxylic acids is 2. The summed E-state index contributed by atoms with van der Waals surface area (Å²) in [4.78, 5) is 22.9. The molecular formula is C22H12Cl2N2O6S. The number of carbonyl (C=O) groups is 2. The minimum absolute atomic E-state index is 0.0316. The van der Waals surface area contributed by atoms with E-state index in [2.05, 4.69) is 10.2 Å². The monoisotopic (exact) mass is 502 g/mol. The molecule has 0 fully saturated rings. The van der Waals surface area contributed by atoms with Gasteiger partial charge in [-0.05, 0) is 66.4 Å². The summed E-state index contributed by atoms with van der Waals surface area (Å²) >= 11 is 12.5. The Kier molecular flexibility index (Phi) is 6.55. The first-order valence-electron chi connectivity index (χ1n) is 9.15. The quantitative estimate of drug-likeness (QED) is 0.223. The van der Waals surface area contributed by atoms with E-state index in [1.165, 1.54) is 18.2 Å². The van der Waals surface area contributed by atoms with E-state index >= 15 is 0 Å². The lowest BCUT2D eigenvalue weighted by Crippen LogP contribution is -1.97. The van der Waals surface area contributed by atoms with Gasteiger partial charge >= 0.3 is 11.9 Å². The second kappa shape index (κ2) is 9.53. The van der Waals surface area contributed by atoms with Crippen LogP contribution in [0.25, 0.3) is 28.9 Å². The van der Waals surface area contributed by atoms with Crippen molar-refractivity contribution in [1.29, 1.82) is 0 Å². The summed E-state index contributed by atoms with van der Waals surface area (Å²) in [7, 11) is 0. The smallest absolute Gasteiger partial charge is 0.342 e. The third kappa shape index (κ3) is 5.28. The van der Waals surface area contributed by atoms with Gasteiger partial charge in [0.2, 0.25) is 5.89 Å². The van der Waals surface area contributed by atoms with E-state index in [0.717, 1.165) is 11.8 Å². The van der Waals surface area contributed by atoms with Crippen LogP contribution in [0.15, 0.2) is 73.6 Å². The molecule has 4 aromatic rings. The zero-order chi connectivity index (χ0) is 23.5. The number of halogens is 2. The topological polar surface area (TPSA) is 127 Å². The SMILES string of the molecule is O=C(O)/C(=C/c1ccc(-c2ccc(Cl)c(C(=O)O)c2)o1)Sc1nnc(-c2ccc(Cl)cc2)o1. The van der Waals surface area contributed by atoms with E-state index < -0.39 is 11.9 Å². The fourth-order valence-electron chi connectivity index (χ4n) is 2.75. The molecule has 0 aliphatic carbocycles. The van der Waals surface area contributed by atoms with Crippen molar-refractivity contribution in [1.82, 2.24) is 10.2 Å². The number of rotatable bonds is 7. The zero-order valence-corrected chi connectivity index (χ0v) is 18.7. The molecule has 0 radical (unpaired) electrons. The number of carboxylic acid groups (broad SMARTS) is 2. The number of hydrogen-bond acceptors (Lipinski definition) is 7. The molecule has 0 amide bonds. The van der Waals surface area contributed by atoms with Gasteiger partial charge in [0.1, 0.15) is 16.4 Å². The van der Waals surface area contributed by atoms with Crippen molar-refractivity contribution in [2.45, 2.75) is 5.22 Å². The number of aliphatic carboxylic acids is 1. The highest BCUT2D eigenvalue weighted by Gasteiger charge is 2.18. The highest BCUT2D eigenvalue weighted by Crippen LogP contribution is 2.32. The molecule has 0 bridgehead atoms. The fourth-order valence-corrected chi connectivity index (χ4v) is 3.72. The van der Waals surface area contributed by atoms with Crippen molar-refractivity contribution in [2.75, 3.05) is 0 Å². The van der Waals surface area contributed by atoms with Gasteiger partial charge in [0.15, 0.2) is 0 Å². The van der Waals surface area contributed by atoms with Gasteiger partial charge in [0.25, 0.3) is 5.22 Å². The average molecular weight is 503 g/mol. The molecule has 0 aliphatic rings. The number of benzene rings is 2. The van der Waals surface area contributed by atoms with Crippen LogP contribution in [-0.2, 0) is 4.79 Å². The Balaban J connectivity index is 1.57. The minimum Gasteiger partial charge on any atom is -0.478 e.